The van der Waals surface area contributed by atoms with E-state index in [1.54, 1.807) is 40.4 Å². The number of nitrogens with zero attached hydrogens (tertiary/aromatic N) is 3. The lowest BCUT2D eigenvalue weighted by Gasteiger charge is -2.12. The van der Waals surface area contributed by atoms with Crippen LogP contribution in [-0.4, -0.2) is 38.9 Å². The minimum Gasteiger partial charge on any atom is -0.307 e. The molecule has 0 spiro atoms. The Bertz CT molecular complexity index is 1070. The van der Waals surface area contributed by atoms with Crippen LogP contribution in [0.1, 0.15) is 55.7 Å². The molecule has 0 radical (unpaired) electrons. The highest BCUT2D eigenvalue weighted by molar-refractivity contribution is 7.09. The average molecular weight is 408 g/mol. The number of amides is 3. The monoisotopic (exact) mass is 408 g/mol. The van der Waals surface area contributed by atoms with Crippen molar-refractivity contribution in [3.8, 4) is 0 Å². The summed E-state index contributed by atoms with van der Waals surface area (Å²) in [4.78, 5) is 40.2. The predicted molar refractivity (Wildman–Crippen MR) is 110 cm³/mol. The van der Waals surface area contributed by atoms with Gasteiger partial charge in [-0.05, 0) is 36.1 Å². The zero-order valence-corrected chi connectivity index (χ0v) is 16.7. The number of hydrogen-bond acceptors (Lipinski definition) is 5. The average Bonchev–Trinajstić information content (AvgIpc) is 3.44. The third kappa shape index (κ3) is 3.71. The van der Waals surface area contributed by atoms with Crippen molar-refractivity contribution in [1.82, 2.24) is 14.7 Å². The molecule has 0 unspecified atom stereocenters. The van der Waals surface area contributed by atoms with Gasteiger partial charge < -0.3 is 5.32 Å². The van der Waals surface area contributed by atoms with Gasteiger partial charge in [0.25, 0.3) is 17.7 Å². The van der Waals surface area contributed by atoms with E-state index < -0.39 is 0 Å². The fourth-order valence-electron chi connectivity index (χ4n) is 3.25. The number of carbonyl (C=O) groups is 3. The van der Waals surface area contributed by atoms with Gasteiger partial charge in [0.15, 0.2) is 0 Å². The quantitative estimate of drug-likeness (QED) is 0.605. The lowest BCUT2D eigenvalue weighted by Crippen LogP contribution is -2.30. The lowest BCUT2D eigenvalue weighted by molar-refractivity contribution is 0.0652. The number of hydrogen-bond donors (Lipinski definition) is 1. The van der Waals surface area contributed by atoms with Gasteiger partial charge in [-0.2, -0.15) is 5.10 Å². The predicted octanol–water partition coefficient (Wildman–Crippen LogP) is 3.64. The van der Waals surface area contributed by atoms with Crippen molar-refractivity contribution >= 4 is 34.9 Å². The minimum atomic E-state index is -0.354. The first kappa shape index (κ1) is 19.1. The van der Waals surface area contributed by atoms with Crippen molar-refractivity contribution in [2.45, 2.75) is 26.3 Å². The number of imide groups is 1. The molecule has 3 aromatic rings. The van der Waals surface area contributed by atoms with Gasteiger partial charge in [-0.15, -0.1) is 11.3 Å². The molecule has 0 atom stereocenters. The molecule has 3 heterocycles. The summed E-state index contributed by atoms with van der Waals surface area (Å²) in [7, 11) is 0. The SMILES string of the molecule is CCCCN1C(=O)c2ccc(C(=O)Nc3ccnn3Cc3cccs3)cc2C1=O. The number of thiophene rings is 1. The smallest absolute Gasteiger partial charge is 0.261 e. The Morgan fingerprint density at radius 2 is 1.97 bits per heavy atom. The Morgan fingerprint density at radius 3 is 2.72 bits per heavy atom. The molecule has 1 aliphatic rings. The van der Waals surface area contributed by atoms with Crippen LogP contribution in [0, 0.1) is 0 Å². The normalized spacial score (nSPS) is 13.1. The number of unbranched alkanes of at least 4 members (excludes halogenated alkanes) is 1. The van der Waals surface area contributed by atoms with E-state index in [0.717, 1.165) is 17.7 Å². The number of fused-ring (bicyclic) bond motifs is 1. The maximum absolute atomic E-state index is 12.7. The van der Waals surface area contributed by atoms with Crippen LogP contribution in [-0.2, 0) is 6.54 Å². The molecule has 1 aromatic carbocycles. The van der Waals surface area contributed by atoms with E-state index in [4.69, 9.17) is 0 Å². The molecule has 8 heteroatoms. The maximum atomic E-state index is 12.7. The van der Waals surface area contributed by atoms with Gasteiger partial charge >= 0.3 is 0 Å². The Labute approximate surface area is 172 Å². The minimum absolute atomic E-state index is 0.283. The van der Waals surface area contributed by atoms with E-state index in [9.17, 15) is 14.4 Å². The van der Waals surface area contributed by atoms with Crippen LogP contribution in [0.3, 0.4) is 0 Å². The van der Waals surface area contributed by atoms with Crippen molar-refractivity contribution in [2.24, 2.45) is 0 Å². The molecule has 148 valence electrons. The highest BCUT2D eigenvalue weighted by Gasteiger charge is 2.35. The van der Waals surface area contributed by atoms with Gasteiger partial charge in [0.1, 0.15) is 5.82 Å². The van der Waals surface area contributed by atoms with Crippen LogP contribution in [0.25, 0.3) is 0 Å². The number of anilines is 1. The zero-order chi connectivity index (χ0) is 20.4. The molecule has 0 saturated carbocycles. The molecule has 0 saturated heterocycles. The van der Waals surface area contributed by atoms with Gasteiger partial charge in [0, 0.05) is 23.1 Å². The lowest BCUT2D eigenvalue weighted by atomic mass is 10.1. The Hall–Kier alpha value is -3.26. The largest absolute Gasteiger partial charge is 0.307 e. The standard InChI is InChI=1S/C21H20N4O3S/c1-2-3-10-24-20(27)16-7-6-14(12-17(16)21(24)28)19(26)23-18-8-9-22-25(18)13-15-5-4-11-29-15/h4-9,11-12H,2-3,10,13H2,1H3,(H,23,26). The Morgan fingerprint density at radius 1 is 1.14 bits per heavy atom. The van der Waals surface area contributed by atoms with Crippen LogP contribution in [0.2, 0.25) is 0 Å². The first-order chi connectivity index (χ1) is 14.1. The summed E-state index contributed by atoms with van der Waals surface area (Å²) < 4.78 is 1.71. The van der Waals surface area contributed by atoms with Crippen molar-refractivity contribution in [1.29, 1.82) is 0 Å². The summed E-state index contributed by atoms with van der Waals surface area (Å²) in [6.07, 6.45) is 3.27. The van der Waals surface area contributed by atoms with Gasteiger partial charge in [-0.25, -0.2) is 4.68 Å². The molecular formula is C21H20N4O3S. The highest BCUT2D eigenvalue weighted by atomic mass is 32.1. The molecule has 4 rings (SSSR count). The molecule has 7 nitrogen and oxygen atoms in total. The van der Waals surface area contributed by atoms with E-state index in [2.05, 4.69) is 10.4 Å². The van der Waals surface area contributed by atoms with Crippen molar-refractivity contribution in [3.05, 3.63) is 69.5 Å². The van der Waals surface area contributed by atoms with Gasteiger partial charge in [-0.1, -0.05) is 19.4 Å². The Kier molecular flexibility index (Phi) is 5.26. The topological polar surface area (TPSA) is 84.3 Å². The number of rotatable bonds is 7. The molecule has 29 heavy (non-hydrogen) atoms. The molecule has 0 bridgehead atoms. The maximum Gasteiger partial charge on any atom is 0.261 e. The molecule has 1 aliphatic heterocycles. The van der Waals surface area contributed by atoms with E-state index in [-0.39, 0.29) is 23.3 Å². The van der Waals surface area contributed by atoms with Gasteiger partial charge in [0.05, 0.1) is 23.9 Å². The summed E-state index contributed by atoms with van der Waals surface area (Å²) in [6.45, 7) is 2.96. The second-order valence-electron chi connectivity index (χ2n) is 6.78. The molecular weight excluding hydrogens is 388 g/mol. The van der Waals surface area contributed by atoms with Crippen molar-refractivity contribution in [3.63, 3.8) is 0 Å². The molecule has 0 aliphatic carbocycles. The van der Waals surface area contributed by atoms with Crippen molar-refractivity contribution < 1.29 is 14.4 Å². The fourth-order valence-corrected chi connectivity index (χ4v) is 3.94. The molecule has 2 aromatic heterocycles. The van der Waals surface area contributed by atoms with E-state index in [0.29, 0.717) is 30.0 Å². The van der Waals surface area contributed by atoms with Crippen LogP contribution < -0.4 is 5.32 Å². The zero-order valence-electron chi connectivity index (χ0n) is 15.9. The van der Waals surface area contributed by atoms with Gasteiger partial charge in [-0.3, -0.25) is 19.3 Å². The van der Waals surface area contributed by atoms with Crippen LogP contribution in [0.15, 0.2) is 48.0 Å². The van der Waals surface area contributed by atoms with E-state index in [1.165, 1.54) is 11.0 Å². The number of carbonyl (C=O) groups excluding carboxylic acids is 3. The molecule has 1 N–H and O–H groups in total. The third-order valence-corrected chi connectivity index (χ3v) is 5.67. The van der Waals surface area contributed by atoms with Crippen LogP contribution in [0.4, 0.5) is 5.82 Å². The van der Waals surface area contributed by atoms with Crippen LogP contribution >= 0.6 is 11.3 Å². The van der Waals surface area contributed by atoms with E-state index >= 15 is 0 Å². The summed E-state index contributed by atoms with van der Waals surface area (Å²) in [5.74, 6) is -0.417. The number of aromatic nitrogens is 2. The third-order valence-electron chi connectivity index (χ3n) is 4.81. The summed E-state index contributed by atoms with van der Waals surface area (Å²) in [5, 5.41) is 9.09. The van der Waals surface area contributed by atoms with Gasteiger partial charge in [0.2, 0.25) is 0 Å². The molecule has 0 fully saturated rings. The summed E-state index contributed by atoms with van der Waals surface area (Å²) in [5.41, 5.74) is 0.961. The molecule has 3 amide bonds. The highest BCUT2D eigenvalue weighted by Crippen LogP contribution is 2.25. The second kappa shape index (κ2) is 8.00. The van der Waals surface area contributed by atoms with Crippen molar-refractivity contribution in [2.75, 3.05) is 11.9 Å². The second-order valence-corrected chi connectivity index (χ2v) is 7.82. The summed E-state index contributed by atoms with van der Waals surface area (Å²) >= 11 is 1.62. The Balaban J connectivity index is 1.52. The van der Waals surface area contributed by atoms with Crippen LogP contribution in [0.5, 0.6) is 0 Å². The number of nitrogens with one attached hydrogen (secondary N) is 1. The number of benzene rings is 1. The first-order valence-corrected chi connectivity index (χ1v) is 10.3. The summed E-state index contributed by atoms with van der Waals surface area (Å²) in [6, 6.07) is 10.3. The fraction of sp³-hybridized carbons (Fsp3) is 0.238. The van der Waals surface area contributed by atoms with E-state index in [1.807, 2.05) is 24.4 Å². The first-order valence-electron chi connectivity index (χ1n) is 9.44.